The number of pyridine rings is 1. The number of nitrogens with one attached hydrogen (secondary N) is 1. The molecule has 4 rings (SSSR count). The van der Waals surface area contributed by atoms with Crippen molar-refractivity contribution in [2.75, 3.05) is 25.5 Å². The lowest BCUT2D eigenvalue weighted by Gasteiger charge is -2.30. The summed E-state index contributed by atoms with van der Waals surface area (Å²) in [5.41, 5.74) is 2.20. The summed E-state index contributed by atoms with van der Waals surface area (Å²) in [6, 6.07) is 0.324. The molecule has 6 heteroatoms. The number of hydrogen-bond acceptors (Lipinski definition) is 5. The van der Waals surface area contributed by atoms with Gasteiger partial charge in [0, 0.05) is 25.0 Å². The molecule has 1 saturated heterocycles. The number of hydrogen-bond donors (Lipinski definition) is 1. The minimum atomic E-state index is 0.0710. The van der Waals surface area contributed by atoms with E-state index in [0.717, 1.165) is 50.8 Å². The monoisotopic (exact) mass is 425 g/mol. The fourth-order valence-electron chi connectivity index (χ4n) is 5.37. The van der Waals surface area contributed by atoms with Gasteiger partial charge in [0.2, 0.25) is 5.95 Å². The first-order valence-corrected chi connectivity index (χ1v) is 12.4. The number of fused-ring (bicyclic) bond motifs is 1. The normalized spacial score (nSPS) is 20.2. The topological polar surface area (TPSA) is 63.1 Å². The van der Waals surface area contributed by atoms with Crippen LogP contribution in [0.15, 0.2) is 17.2 Å². The Morgan fingerprint density at radius 3 is 2.61 bits per heavy atom. The molecule has 2 aromatic heterocycles. The van der Waals surface area contributed by atoms with Gasteiger partial charge in [-0.25, -0.2) is 9.97 Å². The second-order valence-electron chi connectivity index (χ2n) is 9.91. The van der Waals surface area contributed by atoms with Gasteiger partial charge in [-0.15, -0.1) is 0 Å². The Kier molecular flexibility index (Phi) is 7.26. The summed E-state index contributed by atoms with van der Waals surface area (Å²) >= 11 is 0. The van der Waals surface area contributed by atoms with E-state index in [1.807, 2.05) is 4.57 Å². The molecule has 0 aromatic carbocycles. The van der Waals surface area contributed by atoms with Gasteiger partial charge in [-0.3, -0.25) is 4.79 Å². The van der Waals surface area contributed by atoms with Gasteiger partial charge in [0.25, 0.3) is 5.56 Å². The van der Waals surface area contributed by atoms with Crippen LogP contribution in [-0.4, -0.2) is 45.6 Å². The van der Waals surface area contributed by atoms with Gasteiger partial charge in [-0.2, -0.15) is 0 Å². The Balaban J connectivity index is 1.70. The van der Waals surface area contributed by atoms with Gasteiger partial charge < -0.3 is 14.8 Å². The highest BCUT2D eigenvalue weighted by molar-refractivity contribution is 5.81. The summed E-state index contributed by atoms with van der Waals surface area (Å²) < 4.78 is 1.98. The summed E-state index contributed by atoms with van der Waals surface area (Å²) in [5.74, 6) is 1.72. The fraction of sp³-hybridized carbons (Fsp3) is 0.720. The van der Waals surface area contributed by atoms with E-state index < -0.39 is 0 Å². The Bertz CT molecular complexity index is 925. The molecular weight excluding hydrogens is 386 g/mol. The van der Waals surface area contributed by atoms with Crippen molar-refractivity contribution in [1.29, 1.82) is 0 Å². The van der Waals surface area contributed by atoms with Gasteiger partial charge >= 0.3 is 0 Å². The summed E-state index contributed by atoms with van der Waals surface area (Å²) in [6.07, 6.45) is 14.7. The number of likely N-dealkylation sites (tertiary alicyclic amines) is 1. The maximum atomic E-state index is 13.4. The SMILES string of the molecule is CCCC(C)Nc1ncc2c(=O)n(CC3CCN(C)CC3)cc(C3CCCCC3)c2n1. The molecule has 1 atom stereocenters. The van der Waals surface area contributed by atoms with Gasteiger partial charge in [0.1, 0.15) is 0 Å². The van der Waals surface area contributed by atoms with Crippen molar-refractivity contribution in [2.24, 2.45) is 5.92 Å². The van der Waals surface area contributed by atoms with E-state index in [-0.39, 0.29) is 5.56 Å². The van der Waals surface area contributed by atoms with Crippen LogP contribution in [0.25, 0.3) is 10.9 Å². The quantitative estimate of drug-likeness (QED) is 0.691. The Morgan fingerprint density at radius 2 is 1.90 bits per heavy atom. The minimum Gasteiger partial charge on any atom is -0.352 e. The van der Waals surface area contributed by atoms with Crippen molar-refractivity contribution >= 4 is 16.9 Å². The van der Waals surface area contributed by atoms with E-state index in [1.165, 1.54) is 37.7 Å². The maximum Gasteiger partial charge on any atom is 0.261 e. The number of aromatic nitrogens is 3. The van der Waals surface area contributed by atoms with Crippen molar-refractivity contribution in [2.45, 2.75) is 90.1 Å². The predicted octanol–water partition coefficient (Wildman–Crippen LogP) is 4.78. The standard InChI is InChI=1S/C25H39N5O/c1-4-8-18(2)27-25-26-15-21-23(28-25)22(20-9-6-5-7-10-20)17-30(24(21)31)16-19-11-13-29(3)14-12-19/h15,17-20H,4-14,16H2,1-3H3,(H,26,27,28). The third-order valence-corrected chi connectivity index (χ3v) is 7.28. The second-order valence-corrected chi connectivity index (χ2v) is 9.91. The van der Waals surface area contributed by atoms with Crippen molar-refractivity contribution in [3.8, 4) is 0 Å². The van der Waals surface area contributed by atoms with Crippen LogP contribution in [0.3, 0.4) is 0 Å². The molecule has 1 unspecified atom stereocenters. The van der Waals surface area contributed by atoms with Crippen LogP contribution in [0.2, 0.25) is 0 Å². The number of nitrogens with zero attached hydrogens (tertiary/aromatic N) is 4. The van der Waals surface area contributed by atoms with Crippen LogP contribution in [0.1, 0.15) is 83.1 Å². The van der Waals surface area contributed by atoms with Crippen molar-refractivity contribution in [1.82, 2.24) is 19.4 Å². The van der Waals surface area contributed by atoms with E-state index in [1.54, 1.807) is 6.20 Å². The largest absolute Gasteiger partial charge is 0.352 e. The van der Waals surface area contributed by atoms with Crippen LogP contribution in [0.4, 0.5) is 5.95 Å². The van der Waals surface area contributed by atoms with Crippen molar-refractivity contribution in [3.63, 3.8) is 0 Å². The van der Waals surface area contributed by atoms with Crippen LogP contribution in [0.5, 0.6) is 0 Å². The Morgan fingerprint density at radius 1 is 1.16 bits per heavy atom. The lowest BCUT2D eigenvalue weighted by atomic mass is 9.84. The highest BCUT2D eigenvalue weighted by atomic mass is 16.1. The molecule has 1 N–H and O–H groups in total. The lowest BCUT2D eigenvalue weighted by molar-refractivity contribution is 0.204. The molecule has 1 aliphatic carbocycles. The zero-order valence-electron chi connectivity index (χ0n) is 19.6. The first-order chi connectivity index (χ1) is 15.0. The van der Waals surface area contributed by atoms with Crippen molar-refractivity contribution < 1.29 is 0 Å². The molecular formula is C25H39N5O. The fourth-order valence-corrected chi connectivity index (χ4v) is 5.37. The molecule has 6 nitrogen and oxygen atoms in total. The predicted molar refractivity (Wildman–Crippen MR) is 128 cm³/mol. The molecule has 0 bridgehead atoms. The highest BCUT2D eigenvalue weighted by Gasteiger charge is 2.24. The Labute approximate surface area is 186 Å². The summed E-state index contributed by atoms with van der Waals surface area (Å²) in [7, 11) is 2.18. The lowest BCUT2D eigenvalue weighted by Crippen LogP contribution is -2.34. The van der Waals surface area contributed by atoms with Crippen LogP contribution in [0, 0.1) is 5.92 Å². The number of rotatable bonds is 7. The molecule has 170 valence electrons. The van der Waals surface area contributed by atoms with Gasteiger partial charge in [-0.05, 0) is 76.6 Å². The van der Waals surface area contributed by atoms with Crippen LogP contribution >= 0.6 is 0 Å². The summed E-state index contributed by atoms with van der Waals surface area (Å²) in [5, 5.41) is 4.12. The van der Waals surface area contributed by atoms with Gasteiger partial charge in [0.05, 0.1) is 10.9 Å². The van der Waals surface area contributed by atoms with Crippen LogP contribution in [-0.2, 0) is 6.54 Å². The molecule has 2 fully saturated rings. The average Bonchev–Trinajstić information content (AvgIpc) is 2.78. The van der Waals surface area contributed by atoms with Crippen LogP contribution < -0.4 is 10.9 Å². The molecule has 31 heavy (non-hydrogen) atoms. The molecule has 2 aromatic rings. The van der Waals surface area contributed by atoms with Gasteiger partial charge in [0.15, 0.2) is 0 Å². The third kappa shape index (κ3) is 5.28. The average molecular weight is 426 g/mol. The van der Waals surface area contributed by atoms with E-state index in [0.29, 0.717) is 29.2 Å². The van der Waals surface area contributed by atoms with E-state index in [2.05, 4.69) is 42.3 Å². The molecule has 0 spiro atoms. The third-order valence-electron chi connectivity index (χ3n) is 7.28. The second kappa shape index (κ2) is 10.1. The Hall–Kier alpha value is -1.95. The smallest absolute Gasteiger partial charge is 0.261 e. The first kappa shape index (κ1) is 22.3. The molecule has 3 heterocycles. The minimum absolute atomic E-state index is 0.0710. The molecule has 1 aliphatic heterocycles. The van der Waals surface area contributed by atoms with Crippen molar-refractivity contribution in [3.05, 3.63) is 28.3 Å². The number of piperidine rings is 1. The zero-order chi connectivity index (χ0) is 21.8. The molecule has 2 aliphatic rings. The molecule has 0 radical (unpaired) electrons. The highest BCUT2D eigenvalue weighted by Crippen LogP contribution is 2.35. The number of anilines is 1. The van der Waals surface area contributed by atoms with E-state index in [4.69, 9.17) is 4.98 Å². The maximum absolute atomic E-state index is 13.4. The van der Waals surface area contributed by atoms with E-state index in [9.17, 15) is 4.79 Å². The zero-order valence-corrected chi connectivity index (χ0v) is 19.6. The summed E-state index contributed by atoms with van der Waals surface area (Å²) in [6.45, 7) is 7.41. The van der Waals surface area contributed by atoms with Gasteiger partial charge in [-0.1, -0.05) is 32.6 Å². The first-order valence-electron chi connectivity index (χ1n) is 12.4. The molecule has 0 amide bonds. The summed E-state index contributed by atoms with van der Waals surface area (Å²) in [4.78, 5) is 25.2. The van der Waals surface area contributed by atoms with E-state index >= 15 is 0 Å². The molecule has 1 saturated carbocycles.